The van der Waals surface area contributed by atoms with Gasteiger partial charge in [0.25, 0.3) is 0 Å². The fraction of sp³-hybridized carbons (Fsp3) is 0.412. The smallest absolute Gasteiger partial charge is 0.199 e. The first-order valence-electron chi connectivity index (χ1n) is 7.76. The first kappa shape index (κ1) is 15.2. The van der Waals surface area contributed by atoms with Crippen molar-refractivity contribution in [2.45, 2.75) is 33.0 Å². The second-order valence-corrected chi connectivity index (χ2v) is 6.34. The van der Waals surface area contributed by atoms with Crippen molar-refractivity contribution in [3.63, 3.8) is 0 Å². The molecule has 5 heteroatoms. The van der Waals surface area contributed by atoms with E-state index in [0.717, 1.165) is 31.0 Å². The van der Waals surface area contributed by atoms with Gasteiger partial charge in [0.05, 0.1) is 6.67 Å². The zero-order valence-electron chi connectivity index (χ0n) is 13.1. The molecule has 1 aliphatic heterocycles. The Morgan fingerprint density at radius 1 is 1.23 bits per heavy atom. The van der Waals surface area contributed by atoms with Crippen LogP contribution in [0.2, 0.25) is 0 Å². The average molecular weight is 314 g/mol. The number of hydrogen-bond acceptors (Lipinski definition) is 3. The molecule has 0 radical (unpaired) electrons. The van der Waals surface area contributed by atoms with Gasteiger partial charge in [-0.15, -0.1) is 0 Å². The van der Waals surface area contributed by atoms with E-state index in [1.54, 1.807) is 0 Å². The summed E-state index contributed by atoms with van der Waals surface area (Å²) >= 11 is 5.49. The molecule has 2 heterocycles. The maximum atomic E-state index is 5.49. The second-order valence-electron chi connectivity index (χ2n) is 5.98. The molecule has 0 N–H and O–H groups in total. The highest BCUT2D eigenvalue weighted by Gasteiger charge is 2.14. The lowest BCUT2D eigenvalue weighted by Gasteiger charge is -2.26. The van der Waals surface area contributed by atoms with E-state index >= 15 is 0 Å². The Balaban J connectivity index is 1.67. The molecule has 0 amide bonds. The van der Waals surface area contributed by atoms with Crippen LogP contribution in [0.4, 0.5) is 0 Å². The summed E-state index contributed by atoms with van der Waals surface area (Å²) in [5.41, 5.74) is 2.77. The second kappa shape index (κ2) is 6.58. The summed E-state index contributed by atoms with van der Waals surface area (Å²) in [7, 11) is 0. The summed E-state index contributed by atoms with van der Waals surface area (Å²) in [5.74, 6) is 0. The Bertz CT molecular complexity index is 712. The van der Waals surface area contributed by atoms with Crippen molar-refractivity contribution in [2.24, 2.45) is 0 Å². The third-order valence-electron chi connectivity index (χ3n) is 4.09. The van der Waals surface area contributed by atoms with Crippen LogP contribution in [-0.2, 0) is 6.67 Å². The number of benzene rings is 1. The summed E-state index contributed by atoms with van der Waals surface area (Å²) < 4.78 is 4.74. The average Bonchev–Trinajstić information content (AvgIpc) is 2.90. The van der Waals surface area contributed by atoms with Crippen molar-refractivity contribution in [1.29, 1.82) is 0 Å². The molecule has 0 spiro atoms. The topological polar surface area (TPSA) is 26.0 Å². The minimum absolute atomic E-state index is 0.354. The van der Waals surface area contributed by atoms with Gasteiger partial charge in [0.1, 0.15) is 6.33 Å². The molecule has 0 saturated heterocycles. The summed E-state index contributed by atoms with van der Waals surface area (Å²) in [6.45, 7) is 6.99. The summed E-state index contributed by atoms with van der Waals surface area (Å²) in [4.78, 5) is 2.37. The van der Waals surface area contributed by atoms with E-state index in [4.69, 9.17) is 12.2 Å². The summed E-state index contributed by atoms with van der Waals surface area (Å²) in [5, 5.41) is 4.42. The first-order valence-corrected chi connectivity index (χ1v) is 8.16. The molecule has 0 unspecified atom stereocenters. The summed E-state index contributed by atoms with van der Waals surface area (Å²) in [6, 6.07) is 11.0. The highest BCUT2D eigenvalue weighted by Crippen LogP contribution is 2.22. The standard InChI is InChI=1S/C17H22N4S/c1-14(2)20-12-18-21(17(20)22)13-19-10-8-16(9-11-19)15-6-4-3-5-7-15/h3-8,12,14H,9-11,13H2,1-2H3. The Morgan fingerprint density at radius 3 is 2.59 bits per heavy atom. The van der Waals surface area contributed by atoms with E-state index in [-0.39, 0.29) is 0 Å². The van der Waals surface area contributed by atoms with Crippen LogP contribution in [0.15, 0.2) is 42.7 Å². The minimum atomic E-state index is 0.354. The monoisotopic (exact) mass is 314 g/mol. The van der Waals surface area contributed by atoms with E-state index in [1.165, 1.54) is 11.1 Å². The molecule has 1 aliphatic rings. The predicted octanol–water partition coefficient (Wildman–Crippen LogP) is 3.74. The van der Waals surface area contributed by atoms with E-state index in [2.05, 4.69) is 60.3 Å². The Labute approximate surface area is 136 Å². The number of hydrogen-bond donors (Lipinski definition) is 0. The Hall–Kier alpha value is -1.72. The van der Waals surface area contributed by atoms with E-state index < -0.39 is 0 Å². The molecule has 0 aliphatic carbocycles. The van der Waals surface area contributed by atoms with Crippen LogP contribution in [-0.4, -0.2) is 32.3 Å². The van der Waals surface area contributed by atoms with Gasteiger partial charge in [0, 0.05) is 19.1 Å². The minimum Gasteiger partial charge on any atom is -0.304 e. The third kappa shape index (κ3) is 3.20. The Kier molecular flexibility index (Phi) is 4.55. The molecule has 1 aromatic heterocycles. The summed E-state index contributed by atoms with van der Waals surface area (Å²) in [6.07, 6.45) is 5.23. The molecular weight excluding hydrogens is 292 g/mol. The molecule has 0 bridgehead atoms. The van der Waals surface area contributed by atoms with Crippen LogP contribution in [0.5, 0.6) is 0 Å². The lowest BCUT2D eigenvalue weighted by Crippen LogP contribution is -2.31. The van der Waals surface area contributed by atoms with Crippen molar-refractivity contribution in [3.8, 4) is 0 Å². The molecule has 2 aromatic rings. The van der Waals surface area contributed by atoms with Gasteiger partial charge in [0.2, 0.25) is 0 Å². The van der Waals surface area contributed by atoms with Gasteiger partial charge in [-0.1, -0.05) is 36.4 Å². The van der Waals surface area contributed by atoms with E-state index in [1.807, 2.05) is 15.6 Å². The van der Waals surface area contributed by atoms with Crippen LogP contribution in [0.1, 0.15) is 31.9 Å². The van der Waals surface area contributed by atoms with Gasteiger partial charge in [-0.25, -0.2) is 4.68 Å². The van der Waals surface area contributed by atoms with E-state index in [0.29, 0.717) is 6.04 Å². The van der Waals surface area contributed by atoms with Crippen LogP contribution >= 0.6 is 12.2 Å². The Morgan fingerprint density at radius 2 is 2.00 bits per heavy atom. The lowest BCUT2D eigenvalue weighted by atomic mass is 10.00. The highest BCUT2D eigenvalue weighted by atomic mass is 32.1. The van der Waals surface area contributed by atoms with Crippen molar-refractivity contribution < 1.29 is 0 Å². The van der Waals surface area contributed by atoms with E-state index in [9.17, 15) is 0 Å². The van der Waals surface area contributed by atoms with Crippen LogP contribution in [0, 0.1) is 4.77 Å². The van der Waals surface area contributed by atoms with Crippen molar-refractivity contribution >= 4 is 17.8 Å². The van der Waals surface area contributed by atoms with Gasteiger partial charge in [-0.3, -0.25) is 4.90 Å². The quantitative estimate of drug-likeness (QED) is 0.804. The van der Waals surface area contributed by atoms with Crippen LogP contribution < -0.4 is 0 Å². The molecule has 1 aromatic carbocycles. The zero-order chi connectivity index (χ0) is 15.5. The normalized spacial score (nSPS) is 16.0. The van der Waals surface area contributed by atoms with Gasteiger partial charge >= 0.3 is 0 Å². The van der Waals surface area contributed by atoms with Gasteiger partial charge in [0.15, 0.2) is 4.77 Å². The molecule has 0 atom stereocenters. The first-order chi connectivity index (χ1) is 10.6. The molecule has 4 nitrogen and oxygen atoms in total. The third-order valence-corrected chi connectivity index (χ3v) is 4.51. The molecule has 116 valence electrons. The largest absolute Gasteiger partial charge is 0.304 e. The SMILES string of the molecule is CC(C)n1cnn(CN2CC=C(c3ccccc3)CC2)c1=S. The maximum absolute atomic E-state index is 5.49. The van der Waals surface area contributed by atoms with Crippen molar-refractivity contribution in [3.05, 3.63) is 53.1 Å². The van der Waals surface area contributed by atoms with Gasteiger partial charge in [-0.2, -0.15) is 5.10 Å². The fourth-order valence-corrected chi connectivity index (χ4v) is 3.11. The number of rotatable bonds is 4. The van der Waals surface area contributed by atoms with Gasteiger partial charge < -0.3 is 4.57 Å². The zero-order valence-corrected chi connectivity index (χ0v) is 14.0. The molecule has 0 fully saturated rings. The molecule has 22 heavy (non-hydrogen) atoms. The fourth-order valence-electron chi connectivity index (χ4n) is 2.74. The maximum Gasteiger partial charge on any atom is 0.199 e. The highest BCUT2D eigenvalue weighted by molar-refractivity contribution is 7.71. The molecule has 3 rings (SSSR count). The van der Waals surface area contributed by atoms with Crippen molar-refractivity contribution in [1.82, 2.24) is 19.2 Å². The predicted molar refractivity (Wildman–Crippen MR) is 92.0 cm³/mol. The van der Waals surface area contributed by atoms with Crippen LogP contribution in [0.25, 0.3) is 5.57 Å². The lowest BCUT2D eigenvalue weighted by molar-refractivity contribution is 0.225. The van der Waals surface area contributed by atoms with Crippen molar-refractivity contribution in [2.75, 3.05) is 13.1 Å². The molecule has 0 saturated carbocycles. The number of nitrogens with zero attached hydrogens (tertiary/aromatic N) is 4. The van der Waals surface area contributed by atoms with Gasteiger partial charge in [-0.05, 0) is 43.6 Å². The molecular formula is C17H22N4S. The number of aromatic nitrogens is 3. The van der Waals surface area contributed by atoms with Crippen LogP contribution in [0.3, 0.4) is 0 Å².